The molecule has 1 atom stereocenters. The third-order valence-electron chi connectivity index (χ3n) is 4.51. The summed E-state index contributed by atoms with van der Waals surface area (Å²) in [5.41, 5.74) is 1.56. The van der Waals surface area contributed by atoms with Crippen molar-refractivity contribution in [2.45, 2.75) is 18.9 Å². The Labute approximate surface area is 165 Å². The summed E-state index contributed by atoms with van der Waals surface area (Å²) < 4.78 is 1.18. The maximum absolute atomic E-state index is 12.5. The second kappa shape index (κ2) is 7.53. The molecule has 3 aromatic rings. The second-order valence-corrected chi connectivity index (χ2v) is 8.23. The van der Waals surface area contributed by atoms with Gasteiger partial charge in [0.05, 0.1) is 33.5 Å². The average molecular weight is 406 g/mol. The summed E-state index contributed by atoms with van der Waals surface area (Å²) in [5.74, 6) is -0.0952. The molecule has 1 amide bonds. The highest BCUT2D eigenvalue weighted by atomic mass is 35.5. The van der Waals surface area contributed by atoms with E-state index < -0.39 is 0 Å². The van der Waals surface area contributed by atoms with E-state index in [0.717, 1.165) is 29.9 Å². The molecular weight excluding hydrogens is 389 g/mol. The van der Waals surface area contributed by atoms with Crippen LogP contribution in [0, 0.1) is 0 Å². The minimum Gasteiger partial charge on any atom is -0.324 e. The molecule has 7 heteroatoms. The van der Waals surface area contributed by atoms with Crippen LogP contribution in [0.2, 0.25) is 10.0 Å². The normalized spacial score (nSPS) is 17.7. The van der Waals surface area contributed by atoms with E-state index >= 15 is 0 Å². The molecule has 134 valence electrons. The molecule has 1 fully saturated rings. The van der Waals surface area contributed by atoms with Crippen LogP contribution in [0.4, 0.5) is 5.69 Å². The number of carbonyl (C=O) groups excluding carboxylic acids is 1. The smallest absolute Gasteiger partial charge is 0.238 e. The summed E-state index contributed by atoms with van der Waals surface area (Å²) in [6, 6.07) is 13.4. The molecule has 0 saturated carbocycles. The number of nitrogens with zero attached hydrogens (tertiary/aromatic N) is 2. The van der Waals surface area contributed by atoms with Gasteiger partial charge in [0.25, 0.3) is 0 Å². The molecule has 1 saturated heterocycles. The van der Waals surface area contributed by atoms with Crippen molar-refractivity contribution in [3.05, 3.63) is 57.5 Å². The molecule has 4 nitrogen and oxygen atoms in total. The molecule has 1 aliphatic heterocycles. The summed E-state index contributed by atoms with van der Waals surface area (Å²) in [5, 5.41) is 4.96. The van der Waals surface area contributed by atoms with E-state index in [1.807, 2.05) is 18.2 Å². The van der Waals surface area contributed by atoms with Crippen LogP contribution >= 0.6 is 34.5 Å². The topological polar surface area (TPSA) is 45.2 Å². The molecular formula is C19H17Cl2N3OS. The Morgan fingerprint density at radius 3 is 2.96 bits per heavy atom. The number of fused-ring (bicyclic) bond motifs is 1. The van der Waals surface area contributed by atoms with Crippen molar-refractivity contribution in [3.63, 3.8) is 0 Å². The lowest BCUT2D eigenvalue weighted by molar-refractivity contribution is -0.117. The zero-order valence-electron chi connectivity index (χ0n) is 13.9. The van der Waals surface area contributed by atoms with Crippen LogP contribution in [0.25, 0.3) is 10.2 Å². The van der Waals surface area contributed by atoms with Gasteiger partial charge in [0.2, 0.25) is 5.91 Å². The Kier molecular flexibility index (Phi) is 5.14. The lowest BCUT2D eigenvalue weighted by Crippen LogP contribution is -2.33. The average Bonchev–Trinajstić information content (AvgIpc) is 3.24. The van der Waals surface area contributed by atoms with Crippen molar-refractivity contribution in [1.29, 1.82) is 0 Å². The van der Waals surface area contributed by atoms with Gasteiger partial charge in [-0.3, -0.25) is 9.69 Å². The lowest BCUT2D eigenvalue weighted by atomic mass is 10.2. The molecule has 4 rings (SSSR count). The molecule has 0 spiro atoms. The first-order valence-electron chi connectivity index (χ1n) is 8.44. The maximum Gasteiger partial charge on any atom is 0.238 e. The Morgan fingerprint density at radius 1 is 1.27 bits per heavy atom. The third kappa shape index (κ3) is 3.71. The van der Waals surface area contributed by atoms with Crippen molar-refractivity contribution < 1.29 is 4.79 Å². The number of rotatable bonds is 4. The Bertz CT molecular complexity index is 926. The zero-order chi connectivity index (χ0) is 18.1. The van der Waals surface area contributed by atoms with Gasteiger partial charge in [0.1, 0.15) is 5.01 Å². The number of amides is 1. The Balaban J connectivity index is 1.48. The van der Waals surface area contributed by atoms with Crippen molar-refractivity contribution in [3.8, 4) is 0 Å². The summed E-state index contributed by atoms with van der Waals surface area (Å²) >= 11 is 13.8. The molecule has 2 heterocycles. The number of halogens is 2. The Hall–Kier alpha value is -1.66. The molecule has 0 unspecified atom stereocenters. The summed E-state index contributed by atoms with van der Waals surface area (Å²) in [6.45, 7) is 1.20. The van der Waals surface area contributed by atoms with Gasteiger partial charge in [0, 0.05) is 5.02 Å². The summed E-state index contributed by atoms with van der Waals surface area (Å²) in [6.07, 6.45) is 2.08. The van der Waals surface area contributed by atoms with Gasteiger partial charge in [-0.2, -0.15) is 0 Å². The predicted octanol–water partition coefficient (Wildman–Crippen LogP) is 5.38. The van der Waals surface area contributed by atoms with Crippen molar-refractivity contribution in [2.24, 2.45) is 0 Å². The van der Waals surface area contributed by atoms with Gasteiger partial charge in [-0.05, 0) is 49.7 Å². The zero-order valence-corrected chi connectivity index (χ0v) is 16.2. The monoisotopic (exact) mass is 405 g/mol. The first kappa shape index (κ1) is 17.7. The lowest BCUT2D eigenvalue weighted by Gasteiger charge is -2.22. The van der Waals surface area contributed by atoms with Gasteiger partial charge in [-0.1, -0.05) is 35.3 Å². The number of nitrogens with one attached hydrogen (secondary N) is 1. The van der Waals surface area contributed by atoms with Gasteiger partial charge in [-0.15, -0.1) is 11.3 Å². The van der Waals surface area contributed by atoms with E-state index in [9.17, 15) is 4.79 Å². The molecule has 1 aliphatic rings. The van der Waals surface area contributed by atoms with Crippen molar-refractivity contribution in [1.82, 2.24) is 9.88 Å². The number of carbonyl (C=O) groups is 1. The fourth-order valence-electron chi connectivity index (χ4n) is 3.30. The molecule has 0 aliphatic carbocycles. The number of aromatic nitrogens is 1. The first-order chi connectivity index (χ1) is 12.6. The minimum atomic E-state index is -0.0952. The third-order valence-corrected chi connectivity index (χ3v) is 6.21. The van der Waals surface area contributed by atoms with Crippen molar-refractivity contribution >= 4 is 56.3 Å². The van der Waals surface area contributed by atoms with E-state index in [4.69, 9.17) is 28.2 Å². The van der Waals surface area contributed by atoms with E-state index in [1.54, 1.807) is 29.5 Å². The molecule has 0 radical (unpaired) electrons. The predicted molar refractivity (Wildman–Crippen MR) is 108 cm³/mol. The molecule has 0 bridgehead atoms. The number of para-hydroxylation sites is 1. The second-order valence-electron chi connectivity index (χ2n) is 6.32. The number of benzene rings is 2. The van der Waals surface area contributed by atoms with E-state index in [1.165, 1.54) is 4.70 Å². The fraction of sp³-hybridized carbons (Fsp3) is 0.263. The number of hydrogen-bond donors (Lipinski definition) is 1. The van der Waals surface area contributed by atoms with Crippen LogP contribution in [-0.2, 0) is 4.79 Å². The van der Waals surface area contributed by atoms with Crippen LogP contribution in [0.1, 0.15) is 23.9 Å². The molecule has 26 heavy (non-hydrogen) atoms. The van der Waals surface area contributed by atoms with E-state index in [0.29, 0.717) is 22.3 Å². The number of thiazole rings is 1. The summed E-state index contributed by atoms with van der Waals surface area (Å²) in [7, 11) is 0. The number of likely N-dealkylation sites (tertiary alicyclic amines) is 1. The van der Waals surface area contributed by atoms with Gasteiger partial charge >= 0.3 is 0 Å². The minimum absolute atomic E-state index is 0.0952. The van der Waals surface area contributed by atoms with E-state index in [-0.39, 0.29) is 11.9 Å². The van der Waals surface area contributed by atoms with Gasteiger partial charge in [0.15, 0.2) is 0 Å². The first-order valence-corrected chi connectivity index (χ1v) is 10.0. The van der Waals surface area contributed by atoms with Gasteiger partial charge in [-0.25, -0.2) is 4.98 Å². The quantitative estimate of drug-likeness (QED) is 0.633. The van der Waals surface area contributed by atoms with Crippen molar-refractivity contribution in [2.75, 3.05) is 18.4 Å². The Morgan fingerprint density at radius 2 is 2.12 bits per heavy atom. The van der Waals surface area contributed by atoms with Crippen LogP contribution in [0.15, 0.2) is 42.5 Å². The number of anilines is 1. The number of hydrogen-bond acceptors (Lipinski definition) is 4. The molecule has 2 aromatic carbocycles. The largest absolute Gasteiger partial charge is 0.324 e. The molecule has 1 aromatic heterocycles. The summed E-state index contributed by atoms with van der Waals surface area (Å²) in [4.78, 5) is 19.5. The van der Waals surface area contributed by atoms with E-state index in [2.05, 4.69) is 16.3 Å². The fourth-order valence-corrected chi connectivity index (χ4v) is 4.77. The van der Waals surface area contributed by atoms with Crippen LogP contribution in [0.3, 0.4) is 0 Å². The highest BCUT2D eigenvalue weighted by Gasteiger charge is 2.30. The highest BCUT2D eigenvalue weighted by molar-refractivity contribution is 7.18. The standard InChI is InChI=1S/C19H17Cl2N3OS/c20-12-7-8-13(21)15(10-12)22-18(25)11-24-9-3-5-16(24)19-23-14-4-1-2-6-17(14)26-19/h1-2,4,6-8,10,16H,3,5,9,11H2,(H,22,25)/t16-/m0/s1. The van der Waals surface area contributed by atoms with Gasteiger partial charge < -0.3 is 5.32 Å². The van der Waals surface area contributed by atoms with Crippen LogP contribution in [0.5, 0.6) is 0 Å². The molecule has 1 N–H and O–H groups in total. The van der Waals surface area contributed by atoms with Crippen LogP contribution < -0.4 is 5.32 Å². The SMILES string of the molecule is O=C(CN1CCC[C@H]1c1nc2ccccc2s1)Nc1cc(Cl)ccc1Cl. The highest BCUT2D eigenvalue weighted by Crippen LogP contribution is 2.36. The maximum atomic E-state index is 12.5. The van der Waals surface area contributed by atoms with Crippen LogP contribution in [-0.4, -0.2) is 28.9 Å².